The van der Waals surface area contributed by atoms with Gasteiger partial charge in [0.15, 0.2) is 6.61 Å². The van der Waals surface area contributed by atoms with Crippen LogP contribution in [0.25, 0.3) is 0 Å². The summed E-state index contributed by atoms with van der Waals surface area (Å²) in [6.07, 6.45) is 0.806. The molecule has 0 bridgehead atoms. The second-order valence-corrected chi connectivity index (χ2v) is 8.40. The van der Waals surface area contributed by atoms with Crippen LogP contribution in [0.5, 0.6) is 11.5 Å². The monoisotopic (exact) mass is 460 g/mol. The molecule has 0 aliphatic rings. The lowest BCUT2D eigenvalue weighted by molar-refractivity contribution is -0.142. The number of amides is 2. The molecule has 0 saturated heterocycles. The largest absolute Gasteiger partial charge is 0.497 e. The summed E-state index contributed by atoms with van der Waals surface area (Å²) in [7, 11) is 1.59. The van der Waals surface area contributed by atoms with Gasteiger partial charge in [-0.05, 0) is 75.1 Å². The fourth-order valence-electron chi connectivity index (χ4n) is 3.23. The molecule has 2 aromatic rings. The van der Waals surface area contributed by atoms with Crippen molar-refractivity contribution in [2.45, 2.75) is 59.7 Å². The molecule has 0 saturated carbocycles. The molecule has 0 aliphatic carbocycles. The maximum Gasteiger partial charge on any atom is 0.261 e. The highest BCUT2D eigenvalue weighted by molar-refractivity contribution is 6.32. The Morgan fingerprint density at radius 3 is 2.34 bits per heavy atom. The smallest absolute Gasteiger partial charge is 0.261 e. The Balaban J connectivity index is 2.21. The predicted octanol–water partition coefficient (Wildman–Crippen LogP) is 4.68. The summed E-state index contributed by atoms with van der Waals surface area (Å²) in [5, 5.41) is 3.63. The lowest BCUT2D eigenvalue weighted by atomic mass is 10.1. The normalized spacial score (nSPS) is 12.6. The quantitative estimate of drug-likeness (QED) is 0.559. The summed E-state index contributed by atoms with van der Waals surface area (Å²) in [5.74, 6) is 0.768. The molecule has 32 heavy (non-hydrogen) atoms. The minimum Gasteiger partial charge on any atom is -0.497 e. The van der Waals surface area contributed by atoms with E-state index in [9.17, 15) is 9.59 Å². The van der Waals surface area contributed by atoms with Crippen LogP contribution >= 0.6 is 11.6 Å². The SMILES string of the molecule is CC[C@H](C)NC(=O)[C@@H](C)N(Cc1cccc(OC)c1)C(=O)COc1cc(C)c(Cl)c(C)c1. The molecule has 0 unspecified atom stereocenters. The van der Waals surface area contributed by atoms with E-state index in [1.165, 1.54) is 4.90 Å². The molecule has 2 atom stereocenters. The Labute approximate surface area is 195 Å². The summed E-state index contributed by atoms with van der Waals surface area (Å²) in [6.45, 7) is 9.51. The first kappa shape index (κ1) is 25.5. The minimum atomic E-state index is -0.667. The maximum atomic E-state index is 13.2. The number of methoxy groups -OCH3 is 1. The van der Waals surface area contributed by atoms with Gasteiger partial charge in [-0.3, -0.25) is 9.59 Å². The van der Waals surface area contributed by atoms with Crippen molar-refractivity contribution < 1.29 is 19.1 Å². The lowest BCUT2D eigenvalue weighted by Gasteiger charge is -2.29. The summed E-state index contributed by atoms with van der Waals surface area (Å²) < 4.78 is 11.1. The molecule has 0 spiro atoms. The first-order chi connectivity index (χ1) is 15.2. The second kappa shape index (κ2) is 11.8. The lowest BCUT2D eigenvalue weighted by Crippen LogP contribution is -2.50. The van der Waals surface area contributed by atoms with Crippen LogP contribution in [-0.2, 0) is 16.1 Å². The van der Waals surface area contributed by atoms with E-state index in [0.29, 0.717) is 16.5 Å². The highest BCUT2D eigenvalue weighted by atomic mass is 35.5. The predicted molar refractivity (Wildman–Crippen MR) is 127 cm³/mol. The molecule has 0 heterocycles. The van der Waals surface area contributed by atoms with Gasteiger partial charge in [-0.25, -0.2) is 0 Å². The van der Waals surface area contributed by atoms with Gasteiger partial charge in [-0.2, -0.15) is 0 Å². The fourth-order valence-corrected chi connectivity index (χ4v) is 3.34. The zero-order valence-corrected chi connectivity index (χ0v) is 20.5. The summed E-state index contributed by atoms with van der Waals surface area (Å²) >= 11 is 6.22. The van der Waals surface area contributed by atoms with Gasteiger partial charge in [0.1, 0.15) is 17.5 Å². The van der Waals surface area contributed by atoms with Crippen LogP contribution in [0, 0.1) is 13.8 Å². The highest BCUT2D eigenvalue weighted by Gasteiger charge is 2.27. The first-order valence-electron chi connectivity index (χ1n) is 10.8. The third-order valence-electron chi connectivity index (χ3n) is 5.43. The van der Waals surface area contributed by atoms with Crippen molar-refractivity contribution in [3.8, 4) is 11.5 Å². The first-order valence-corrected chi connectivity index (χ1v) is 11.2. The van der Waals surface area contributed by atoms with E-state index in [2.05, 4.69) is 5.32 Å². The van der Waals surface area contributed by atoms with Gasteiger partial charge < -0.3 is 19.7 Å². The number of carbonyl (C=O) groups excluding carboxylic acids is 2. The van der Waals surface area contributed by atoms with E-state index >= 15 is 0 Å². The maximum absolute atomic E-state index is 13.2. The number of nitrogens with one attached hydrogen (secondary N) is 1. The van der Waals surface area contributed by atoms with E-state index in [-0.39, 0.29) is 31.0 Å². The van der Waals surface area contributed by atoms with Crippen molar-refractivity contribution in [3.05, 3.63) is 58.1 Å². The number of ether oxygens (including phenoxy) is 2. The fraction of sp³-hybridized carbons (Fsp3) is 0.440. The molecule has 174 valence electrons. The number of aryl methyl sites for hydroxylation is 2. The van der Waals surface area contributed by atoms with Crippen LogP contribution in [0.15, 0.2) is 36.4 Å². The van der Waals surface area contributed by atoms with Crippen molar-refractivity contribution in [2.24, 2.45) is 0 Å². The van der Waals surface area contributed by atoms with Crippen LogP contribution < -0.4 is 14.8 Å². The van der Waals surface area contributed by atoms with Crippen LogP contribution in [0.4, 0.5) is 0 Å². The molecule has 6 nitrogen and oxygen atoms in total. The average molecular weight is 461 g/mol. The van der Waals surface area contributed by atoms with Gasteiger partial charge in [0.05, 0.1) is 7.11 Å². The number of halogens is 1. The van der Waals surface area contributed by atoms with Gasteiger partial charge in [-0.15, -0.1) is 0 Å². The van der Waals surface area contributed by atoms with Crippen molar-refractivity contribution >= 4 is 23.4 Å². The van der Waals surface area contributed by atoms with Crippen molar-refractivity contribution in [2.75, 3.05) is 13.7 Å². The zero-order chi connectivity index (χ0) is 23.8. The summed E-state index contributed by atoms with van der Waals surface area (Å²) in [6, 6.07) is 10.4. The van der Waals surface area contributed by atoms with Crippen LogP contribution in [-0.4, -0.2) is 42.5 Å². The standard InChI is InChI=1S/C25H33ClN2O4/c1-7-18(4)27-25(30)19(5)28(14-20-9-8-10-21(13-20)31-6)23(29)15-32-22-11-16(2)24(26)17(3)12-22/h8-13,18-19H,7,14-15H2,1-6H3,(H,27,30)/t18-,19+/m0/s1. The number of rotatable bonds is 10. The number of hydrogen-bond acceptors (Lipinski definition) is 4. The molecule has 0 aliphatic heterocycles. The van der Waals surface area contributed by atoms with E-state index < -0.39 is 6.04 Å². The Morgan fingerprint density at radius 1 is 1.09 bits per heavy atom. The van der Waals surface area contributed by atoms with Gasteiger partial charge in [0.2, 0.25) is 5.91 Å². The van der Waals surface area contributed by atoms with E-state index in [4.69, 9.17) is 21.1 Å². The van der Waals surface area contributed by atoms with Crippen molar-refractivity contribution in [1.29, 1.82) is 0 Å². The Morgan fingerprint density at radius 2 is 1.75 bits per heavy atom. The van der Waals surface area contributed by atoms with Gasteiger partial charge >= 0.3 is 0 Å². The summed E-state index contributed by atoms with van der Waals surface area (Å²) in [4.78, 5) is 27.5. The Bertz CT molecular complexity index is 924. The molecule has 1 N–H and O–H groups in total. The molecular weight excluding hydrogens is 428 g/mol. The van der Waals surface area contributed by atoms with Crippen LogP contribution in [0.2, 0.25) is 5.02 Å². The zero-order valence-electron chi connectivity index (χ0n) is 19.7. The summed E-state index contributed by atoms with van der Waals surface area (Å²) in [5.41, 5.74) is 2.62. The molecule has 0 fully saturated rings. The van der Waals surface area contributed by atoms with Gasteiger partial charge in [0.25, 0.3) is 5.91 Å². The molecule has 2 rings (SSSR count). The van der Waals surface area contributed by atoms with Gasteiger partial charge in [-0.1, -0.05) is 30.7 Å². The van der Waals surface area contributed by atoms with E-state index in [1.807, 2.05) is 52.0 Å². The Hall–Kier alpha value is -2.73. The average Bonchev–Trinajstić information content (AvgIpc) is 2.78. The van der Waals surface area contributed by atoms with Gasteiger partial charge in [0, 0.05) is 17.6 Å². The third-order valence-corrected chi connectivity index (χ3v) is 6.02. The molecule has 2 amide bonds. The van der Waals surface area contributed by atoms with Crippen LogP contribution in [0.3, 0.4) is 0 Å². The van der Waals surface area contributed by atoms with Crippen molar-refractivity contribution in [3.63, 3.8) is 0 Å². The minimum absolute atomic E-state index is 0.0231. The molecule has 7 heteroatoms. The van der Waals surface area contributed by atoms with E-state index in [0.717, 1.165) is 23.1 Å². The van der Waals surface area contributed by atoms with E-state index in [1.54, 1.807) is 26.2 Å². The molecule has 0 aromatic heterocycles. The topological polar surface area (TPSA) is 67.9 Å². The van der Waals surface area contributed by atoms with Crippen molar-refractivity contribution in [1.82, 2.24) is 10.2 Å². The third kappa shape index (κ3) is 6.89. The second-order valence-electron chi connectivity index (χ2n) is 8.03. The Kier molecular flexibility index (Phi) is 9.39. The number of carbonyl (C=O) groups is 2. The van der Waals surface area contributed by atoms with Crippen LogP contribution in [0.1, 0.15) is 43.9 Å². The molecule has 0 radical (unpaired) electrons. The number of hydrogen-bond donors (Lipinski definition) is 1. The highest BCUT2D eigenvalue weighted by Crippen LogP contribution is 2.26. The number of benzene rings is 2. The molecule has 2 aromatic carbocycles. The number of nitrogens with zero attached hydrogens (tertiary/aromatic N) is 1. The molecular formula is C25H33ClN2O4.